The molecule has 28 heavy (non-hydrogen) atoms. The van der Waals surface area contributed by atoms with Gasteiger partial charge in [-0.2, -0.15) is 0 Å². The summed E-state index contributed by atoms with van der Waals surface area (Å²) in [5.74, 6) is -0.677. The molecule has 2 rings (SSSR count). The third-order valence-electron chi connectivity index (χ3n) is 3.87. The minimum Gasteiger partial charge on any atom is -0.335 e. The van der Waals surface area contributed by atoms with Gasteiger partial charge in [0.2, 0.25) is 5.91 Å². The molecule has 0 saturated carbocycles. The number of ketones is 1. The molecule has 0 heterocycles. The fourth-order valence-corrected chi connectivity index (χ4v) is 2.61. The number of likely N-dealkylation sites (N-methyl/N-ethyl adjacent to an activating group) is 1. The quantitative estimate of drug-likeness (QED) is 0.550. The number of carbonyl (C=O) groups is 3. The first-order valence-electron chi connectivity index (χ1n) is 8.71. The van der Waals surface area contributed by atoms with E-state index in [0.29, 0.717) is 22.8 Å². The molecular weight excluding hydrogens is 378 g/mol. The van der Waals surface area contributed by atoms with Crippen molar-refractivity contribution in [1.82, 2.24) is 10.2 Å². The zero-order valence-corrected chi connectivity index (χ0v) is 16.5. The summed E-state index contributed by atoms with van der Waals surface area (Å²) in [6, 6.07) is 13.0. The fourth-order valence-electron chi connectivity index (χ4n) is 2.43. The molecule has 0 aromatic heterocycles. The molecule has 2 aromatic rings. The zero-order chi connectivity index (χ0) is 20.5. The Labute approximate surface area is 169 Å². The molecule has 6 nitrogen and oxygen atoms in total. The smallest absolute Gasteiger partial charge is 0.317 e. The maximum absolute atomic E-state index is 12.8. The average molecular weight is 400 g/mol. The van der Waals surface area contributed by atoms with E-state index in [0.717, 1.165) is 0 Å². The summed E-state index contributed by atoms with van der Waals surface area (Å²) in [6.45, 7) is 2.07. The summed E-state index contributed by atoms with van der Waals surface area (Å²) >= 11 is 6.04. The topological polar surface area (TPSA) is 78.5 Å². The van der Waals surface area contributed by atoms with Gasteiger partial charge in [0.1, 0.15) is 6.54 Å². The lowest BCUT2D eigenvalue weighted by Crippen LogP contribution is -2.41. The molecule has 0 spiro atoms. The SMILES string of the molecule is CC=CCNC(=O)N(C)CC(=O)Nc1ccc(Cl)cc1C(=O)c1ccccc1. The van der Waals surface area contributed by atoms with E-state index < -0.39 is 5.91 Å². The molecule has 0 aliphatic heterocycles. The van der Waals surface area contributed by atoms with Gasteiger partial charge < -0.3 is 15.5 Å². The minimum atomic E-state index is -0.423. The number of rotatable bonds is 7. The van der Waals surface area contributed by atoms with Crippen molar-refractivity contribution in [2.75, 3.05) is 25.5 Å². The van der Waals surface area contributed by atoms with Gasteiger partial charge in [-0.3, -0.25) is 9.59 Å². The molecule has 3 amide bonds. The first-order chi connectivity index (χ1) is 13.4. The van der Waals surface area contributed by atoms with E-state index in [1.807, 2.05) is 19.1 Å². The van der Waals surface area contributed by atoms with Crippen LogP contribution in [0.3, 0.4) is 0 Å². The maximum Gasteiger partial charge on any atom is 0.317 e. The predicted octanol–water partition coefficient (Wildman–Crippen LogP) is 3.73. The number of hydrogen-bond acceptors (Lipinski definition) is 3. The molecule has 0 saturated heterocycles. The second kappa shape index (κ2) is 10.3. The Balaban J connectivity index is 2.10. The highest BCUT2D eigenvalue weighted by Crippen LogP contribution is 2.23. The summed E-state index contributed by atoms with van der Waals surface area (Å²) in [6.07, 6.45) is 3.61. The molecule has 7 heteroatoms. The third-order valence-corrected chi connectivity index (χ3v) is 4.11. The number of urea groups is 1. The van der Waals surface area contributed by atoms with Gasteiger partial charge >= 0.3 is 6.03 Å². The molecule has 0 radical (unpaired) electrons. The van der Waals surface area contributed by atoms with Crippen LogP contribution in [0.25, 0.3) is 0 Å². The van der Waals surface area contributed by atoms with Crippen LogP contribution in [0.5, 0.6) is 0 Å². The highest BCUT2D eigenvalue weighted by Gasteiger charge is 2.18. The van der Waals surface area contributed by atoms with Crippen LogP contribution in [0.15, 0.2) is 60.7 Å². The van der Waals surface area contributed by atoms with Gasteiger partial charge in [-0.25, -0.2) is 4.79 Å². The Morgan fingerprint density at radius 3 is 2.50 bits per heavy atom. The lowest BCUT2D eigenvalue weighted by molar-refractivity contribution is -0.116. The first kappa shape index (κ1) is 21.2. The summed E-state index contributed by atoms with van der Waals surface area (Å²) in [5, 5.41) is 5.73. The predicted molar refractivity (Wildman–Crippen MR) is 111 cm³/mol. The highest BCUT2D eigenvalue weighted by atomic mass is 35.5. The number of amides is 3. The highest BCUT2D eigenvalue weighted by molar-refractivity contribution is 6.31. The second-order valence-electron chi connectivity index (χ2n) is 6.04. The van der Waals surface area contributed by atoms with E-state index in [1.165, 1.54) is 18.0 Å². The number of benzene rings is 2. The monoisotopic (exact) mass is 399 g/mol. The van der Waals surface area contributed by atoms with Crippen LogP contribution in [0.1, 0.15) is 22.8 Å². The van der Waals surface area contributed by atoms with Crippen molar-refractivity contribution < 1.29 is 14.4 Å². The third kappa shape index (κ3) is 5.96. The Bertz CT molecular complexity index is 882. The van der Waals surface area contributed by atoms with Crippen molar-refractivity contribution in [3.63, 3.8) is 0 Å². The van der Waals surface area contributed by atoms with Crippen molar-refractivity contribution in [2.45, 2.75) is 6.92 Å². The number of allylic oxidation sites excluding steroid dienone is 1. The fraction of sp³-hybridized carbons (Fsp3) is 0.190. The summed E-state index contributed by atoms with van der Waals surface area (Å²) in [7, 11) is 1.52. The number of nitrogens with one attached hydrogen (secondary N) is 2. The molecule has 0 aliphatic carbocycles. The average Bonchev–Trinajstić information content (AvgIpc) is 2.69. The number of halogens is 1. The number of hydrogen-bond donors (Lipinski definition) is 2. The van der Waals surface area contributed by atoms with Crippen LogP contribution < -0.4 is 10.6 Å². The van der Waals surface area contributed by atoms with E-state index in [1.54, 1.807) is 42.5 Å². The van der Waals surface area contributed by atoms with Crippen molar-refractivity contribution in [2.24, 2.45) is 0 Å². The Morgan fingerprint density at radius 1 is 1.11 bits per heavy atom. The molecule has 0 atom stereocenters. The van der Waals surface area contributed by atoms with E-state index in [-0.39, 0.29) is 23.9 Å². The van der Waals surface area contributed by atoms with Gasteiger partial charge in [0.05, 0.1) is 5.69 Å². The van der Waals surface area contributed by atoms with Crippen LogP contribution in [-0.2, 0) is 4.79 Å². The molecule has 2 N–H and O–H groups in total. The van der Waals surface area contributed by atoms with E-state index in [2.05, 4.69) is 10.6 Å². The van der Waals surface area contributed by atoms with Gasteiger partial charge in [0, 0.05) is 29.7 Å². The van der Waals surface area contributed by atoms with Crippen LogP contribution >= 0.6 is 11.6 Å². The molecule has 0 fully saturated rings. The Kier molecular flexibility index (Phi) is 7.77. The molecule has 0 unspecified atom stereocenters. The van der Waals surface area contributed by atoms with E-state index in [4.69, 9.17) is 11.6 Å². The van der Waals surface area contributed by atoms with Crippen molar-refractivity contribution in [1.29, 1.82) is 0 Å². The van der Waals surface area contributed by atoms with Crippen LogP contribution in [0.2, 0.25) is 5.02 Å². The maximum atomic E-state index is 12.8. The Morgan fingerprint density at radius 2 is 1.82 bits per heavy atom. The van der Waals surface area contributed by atoms with E-state index in [9.17, 15) is 14.4 Å². The standard InChI is InChI=1S/C21H22ClN3O3/c1-3-4-12-23-21(28)25(2)14-19(26)24-18-11-10-16(22)13-17(18)20(27)15-8-6-5-7-9-15/h3-11,13H,12,14H2,1-2H3,(H,23,28)(H,24,26). The molecule has 2 aromatic carbocycles. The Hall–Kier alpha value is -3.12. The van der Waals surface area contributed by atoms with Gasteiger partial charge in [-0.05, 0) is 25.1 Å². The van der Waals surface area contributed by atoms with Gasteiger partial charge in [0.15, 0.2) is 5.78 Å². The largest absolute Gasteiger partial charge is 0.335 e. The molecule has 0 bridgehead atoms. The summed E-state index contributed by atoms with van der Waals surface area (Å²) in [4.78, 5) is 38.3. The first-order valence-corrected chi connectivity index (χ1v) is 9.09. The zero-order valence-electron chi connectivity index (χ0n) is 15.7. The second-order valence-corrected chi connectivity index (χ2v) is 6.48. The number of carbonyl (C=O) groups excluding carboxylic acids is 3. The van der Waals surface area contributed by atoms with Gasteiger partial charge in [-0.15, -0.1) is 0 Å². The summed E-state index contributed by atoms with van der Waals surface area (Å²) in [5.41, 5.74) is 1.11. The van der Waals surface area contributed by atoms with Crippen LogP contribution in [0.4, 0.5) is 10.5 Å². The number of nitrogens with zero attached hydrogens (tertiary/aromatic N) is 1. The normalized spacial score (nSPS) is 10.5. The van der Waals surface area contributed by atoms with Crippen molar-refractivity contribution >= 4 is 35.0 Å². The minimum absolute atomic E-state index is 0.163. The lowest BCUT2D eigenvalue weighted by atomic mass is 10.0. The lowest BCUT2D eigenvalue weighted by Gasteiger charge is -2.18. The summed E-state index contributed by atoms with van der Waals surface area (Å²) < 4.78 is 0. The number of anilines is 1. The van der Waals surface area contributed by atoms with Crippen LogP contribution in [0, 0.1) is 0 Å². The molecular formula is C21H22ClN3O3. The van der Waals surface area contributed by atoms with Gasteiger partial charge in [-0.1, -0.05) is 54.1 Å². The van der Waals surface area contributed by atoms with Gasteiger partial charge in [0.25, 0.3) is 0 Å². The van der Waals surface area contributed by atoms with E-state index >= 15 is 0 Å². The molecule has 0 aliphatic rings. The molecule has 146 valence electrons. The van der Waals surface area contributed by atoms with Crippen molar-refractivity contribution in [3.05, 3.63) is 76.8 Å². The van der Waals surface area contributed by atoms with Crippen LogP contribution in [-0.4, -0.2) is 42.8 Å². The van der Waals surface area contributed by atoms with Crippen molar-refractivity contribution in [3.8, 4) is 0 Å².